The fourth-order valence-electron chi connectivity index (χ4n) is 6.59. The van der Waals surface area contributed by atoms with E-state index in [0.717, 1.165) is 54.3 Å². The zero-order valence-corrected chi connectivity index (χ0v) is 31.2. The second kappa shape index (κ2) is 18.8. The van der Waals surface area contributed by atoms with Crippen molar-refractivity contribution >= 4 is 45.0 Å². The van der Waals surface area contributed by atoms with E-state index in [4.69, 9.17) is 15.4 Å². The first-order valence-electron chi connectivity index (χ1n) is 18.8. The summed E-state index contributed by atoms with van der Waals surface area (Å²) in [4.78, 5) is 58.3. The van der Waals surface area contributed by atoms with Gasteiger partial charge in [0.25, 0.3) is 11.1 Å². The van der Waals surface area contributed by atoms with E-state index >= 15 is 0 Å². The molecule has 1 saturated carbocycles. The number of fused-ring (bicyclic) bond motifs is 2. The highest BCUT2D eigenvalue weighted by Gasteiger charge is 2.30. The van der Waals surface area contributed by atoms with Crippen molar-refractivity contribution in [2.24, 2.45) is 0 Å². The number of rotatable bonds is 15. The number of hydroxylamine groups is 2. The van der Waals surface area contributed by atoms with Gasteiger partial charge >= 0.3 is 0 Å². The van der Waals surface area contributed by atoms with Gasteiger partial charge in [-0.1, -0.05) is 48.5 Å². The van der Waals surface area contributed by atoms with Crippen LogP contribution in [0.25, 0.3) is 33.2 Å². The molecule has 6 aromatic rings. The summed E-state index contributed by atoms with van der Waals surface area (Å²) < 4.78 is 3.36. The number of aryl methyl sites for hydroxylation is 1. The molecule has 56 heavy (non-hydrogen) atoms. The fourth-order valence-corrected chi connectivity index (χ4v) is 6.59. The lowest BCUT2D eigenvalue weighted by Crippen LogP contribution is -2.24. The summed E-state index contributed by atoms with van der Waals surface area (Å²) >= 11 is 0. The minimum atomic E-state index is -0.398. The van der Waals surface area contributed by atoms with Gasteiger partial charge in [0.15, 0.2) is 0 Å². The van der Waals surface area contributed by atoms with Crippen molar-refractivity contribution < 1.29 is 20.0 Å². The van der Waals surface area contributed by atoms with Gasteiger partial charge in [-0.05, 0) is 94.0 Å². The summed E-state index contributed by atoms with van der Waals surface area (Å²) in [6, 6.07) is 30.3. The Hall–Kier alpha value is -6.38. The third-order valence-corrected chi connectivity index (χ3v) is 9.50. The molecular weight excluding hydrogens is 713 g/mol. The quantitative estimate of drug-likeness (QED) is 0.0403. The zero-order chi connectivity index (χ0) is 39.4. The summed E-state index contributed by atoms with van der Waals surface area (Å²) in [5, 5.41) is 24.8. The molecular formula is C42H46N8O6. The molecule has 14 heteroatoms. The number of amides is 2. The SMILES string of the molecule is Cc1nc2cccc(NCCCCC(=O)NO)c2c(=O)n1-c1ccccc1.O=C(CCCCNc1cccc2nc(C3CC3)n(-c3ccccc3)c(=O)c12)NO. The first-order valence-corrected chi connectivity index (χ1v) is 18.8. The van der Waals surface area contributed by atoms with Crippen molar-refractivity contribution in [2.45, 2.75) is 64.2 Å². The third-order valence-electron chi connectivity index (χ3n) is 9.50. The predicted molar refractivity (Wildman–Crippen MR) is 216 cm³/mol. The molecule has 2 aromatic heterocycles. The molecule has 0 unspecified atom stereocenters. The predicted octanol–water partition coefficient (Wildman–Crippen LogP) is 6.13. The second-order valence-electron chi connectivity index (χ2n) is 13.6. The Bertz CT molecular complexity index is 2410. The van der Waals surface area contributed by atoms with Crippen LogP contribution in [0.15, 0.2) is 107 Å². The highest BCUT2D eigenvalue weighted by Crippen LogP contribution is 2.40. The Morgan fingerprint density at radius 1 is 0.625 bits per heavy atom. The Balaban J connectivity index is 0.000000190. The number of carbonyl (C=O) groups is 2. The van der Waals surface area contributed by atoms with Gasteiger partial charge in [-0.2, -0.15) is 0 Å². The summed E-state index contributed by atoms with van der Waals surface area (Å²) in [5.41, 5.74) is 7.50. The summed E-state index contributed by atoms with van der Waals surface area (Å²) in [6.45, 7) is 3.05. The fraction of sp³-hybridized carbons (Fsp3) is 0.286. The summed E-state index contributed by atoms with van der Waals surface area (Å²) in [6.07, 6.45) is 5.39. The lowest BCUT2D eigenvalue weighted by Gasteiger charge is -2.15. The number of hydrogen-bond acceptors (Lipinski definition) is 10. The maximum Gasteiger partial charge on any atom is 0.268 e. The standard InChI is InChI=1S/C22H24N4O3.C20H22N4O3/c27-19(25-29)11-4-5-14-23-17-9-6-10-18-20(17)22(28)26(16-7-2-1-3-8-16)21(24-18)15-12-13-15;1-14-22-17-11-7-10-16(21-13-6-5-12-18(25)23-27)19(17)20(26)24(14)15-8-3-2-4-9-15/h1-3,6-10,15,23,29H,4-5,11-14H2,(H,25,27);2-4,7-11,21,27H,5-6,12-13H2,1H3,(H,23,25). The van der Waals surface area contributed by atoms with E-state index in [1.165, 1.54) is 0 Å². The van der Waals surface area contributed by atoms with Gasteiger partial charge in [-0.15, -0.1) is 0 Å². The normalized spacial score (nSPS) is 12.1. The average Bonchev–Trinajstić information content (AvgIpc) is 4.07. The molecule has 1 aliphatic rings. The van der Waals surface area contributed by atoms with Gasteiger partial charge in [0.2, 0.25) is 11.8 Å². The van der Waals surface area contributed by atoms with Gasteiger partial charge in [-0.25, -0.2) is 20.9 Å². The van der Waals surface area contributed by atoms with Crippen LogP contribution in [0.5, 0.6) is 0 Å². The highest BCUT2D eigenvalue weighted by molar-refractivity contribution is 5.92. The van der Waals surface area contributed by atoms with E-state index in [2.05, 4.69) is 15.6 Å². The van der Waals surface area contributed by atoms with Crippen molar-refractivity contribution in [2.75, 3.05) is 23.7 Å². The molecule has 1 aliphatic carbocycles. The molecule has 0 radical (unpaired) electrons. The molecule has 0 spiro atoms. The monoisotopic (exact) mass is 758 g/mol. The van der Waals surface area contributed by atoms with Crippen molar-refractivity contribution in [3.05, 3.63) is 129 Å². The number of unbranched alkanes of at least 4 members (excludes halogenated alkanes) is 2. The van der Waals surface area contributed by atoms with Crippen molar-refractivity contribution in [3.8, 4) is 11.4 Å². The molecule has 1 fully saturated rings. The zero-order valence-electron chi connectivity index (χ0n) is 31.2. The number of hydrogen-bond donors (Lipinski definition) is 6. The molecule has 4 aromatic carbocycles. The van der Waals surface area contributed by atoms with E-state index in [1.807, 2.05) is 104 Å². The van der Waals surface area contributed by atoms with Gasteiger partial charge in [-0.3, -0.25) is 38.7 Å². The first-order chi connectivity index (χ1) is 27.3. The van der Waals surface area contributed by atoms with Gasteiger partial charge in [0.1, 0.15) is 11.6 Å². The lowest BCUT2D eigenvalue weighted by atomic mass is 10.1. The van der Waals surface area contributed by atoms with Gasteiger partial charge in [0.05, 0.1) is 33.2 Å². The van der Waals surface area contributed by atoms with Crippen LogP contribution in [0.3, 0.4) is 0 Å². The molecule has 290 valence electrons. The molecule has 7 rings (SSSR count). The molecule has 2 heterocycles. The van der Waals surface area contributed by atoms with Gasteiger partial charge in [0, 0.05) is 43.2 Å². The van der Waals surface area contributed by atoms with E-state index in [0.29, 0.717) is 59.5 Å². The van der Waals surface area contributed by atoms with Gasteiger partial charge < -0.3 is 10.6 Å². The van der Waals surface area contributed by atoms with Crippen LogP contribution in [0.4, 0.5) is 11.4 Å². The first kappa shape index (κ1) is 39.3. The number of benzene rings is 4. The molecule has 0 bridgehead atoms. The topological polar surface area (TPSA) is 192 Å². The van der Waals surface area contributed by atoms with Crippen LogP contribution in [0.1, 0.15) is 68.9 Å². The Morgan fingerprint density at radius 3 is 1.57 bits per heavy atom. The highest BCUT2D eigenvalue weighted by atomic mass is 16.5. The molecule has 0 atom stereocenters. The summed E-state index contributed by atoms with van der Waals surface area (Å²) in [5.74, 6) is 1.01. The number of nitrogens with one attached hydrogen (secondary N) is 4. The van der Waals surface area contributed by atoms with E-state index in [9.17, 15) is 19.2 Å². The smallest absolute Gasteiger partial charge is 0.268 e. The van der Waals surface area contributed by atoms with Crippen LogP contribution in [0.2, 0.25) is 0 Å². The number of anilines is 2. The average molecular weight is 759 g/mol. The maximum absolute atomic E-state index is 13.5. The van der Waals surface area contributed by atoms with Crippen LogP contribution in [-0.2, 0) is 9.59 Å². The second-order valence-corrected chi connectivity index (χ2v) is 13.6. The molecule has 0 aliphatic heterocycles. The minimum Gasteiger partial charge on any atom is -0.384 e. The molecule has 6 N–H and O–H groups in total. The molecule has 0 saturated heterocycles. The van der Waals surface area contributed by atoms with Crippen LogP contribution < -0.4 is 32.7 Å². The molecule has 14 nitrogen and oxygen atoms in total. The van der Waals surface area contributed by atoms with Crippen LogP contribution in [-0.4, -0.2) is 54.4 Å². The number of carbonyl (C=O) groups excluding carboxylic acids is 2. The summed E-state index contributed by atoms with van der Waals surface area (Å²) in [7, 11) is 0. The van der Waals surface area contributed by atoms with Crippen molar-refractivity contribution in [1.29, 1.82) is 0 Å². The molecule has 2 amide bonds. The maximum atomic E-state index is 13.5. The van der Waals surface area contributed by atoms with Crippen LogP contribution in [0, 0.1) is 6.92 Å². The van der Waals surface area contributed by atoms with E-state index in [-0.39, 0.29) is 24.0 Å². The third kappa shape index (κ3) is 9.46. The minimum absolute atomic E-state index is 0.0640. The van der Waals surface area contributed by atoms with Crippen molar-refractivity contribution in [3.63, 3.8) is 0 Å². The lowest BCUT2D eigenvalue weighted by molar-refractivity contribution is -0.129. The van der Waals surface area contributed by atoms with E-state index < -0.39 is 11.8 Å². The van der Waals surface area contributed by atoms with Crippen molar-refractivity contribution in [1.82, 2.24) is 30.1 Å². The number of aromatic nitrogens is 4. The Labute approximate surface area is 323 Å². The Morgan fingerprint density at radius 2 is 1.09 bits per heavy atom. The number of para-hydroxylation sites is 2. The Kier molecular flexibility index (Phi) is 13.2. The van der Waals surface area contributed by atoms with E-state index in [1.54, 1.807) is 20.1 Å². The van der Waals surface area contributed by atoms with Crippen LogP contribution >= 0.6 is 0 Å². The number of nitrogens with zero attached hydrogens (tertiary/aromatic N) is 4. The largest absolute Gasteiger partial charge is 0.384 e.